The number of hydrogen-bond donors (Lipinski definition) is 2. The van der Waals surface area contributed by atoms with Crippen LogP contribution in [0.25, 0.3) is 89.0 Å². The lowest BCUT2D eigenvalue weighted by Gasteiger charge is -2.21. The SMILES string of the molecule is Clc1cc(Nc2c(-c3cccc(-c4ccccc4)c3)cccc2-c2cccc(-c3ccccc3)c2)cc(Nc2c(-c3cccc(-c4ccccc4)c3)cccc2-c2cccc(-c3ccccc3)c2)c1. The predicted octanol–water partition coefficient (Wildman–Crippen LogP) is 19.2. The fourth-order valence-corrected chi connectivity index (χ4v) is 9.58. The minimum atomic E-state index is 0.606. The first-order valence-corrected chi connectivity index (χ1v) is 23.7. The number of halogens is 1. The Labute approximate surface area is 409 Å². The molecule has 0 aliphatic carbocycles. The largest absolute Gasteiger partial charge is 0.354 e. The molecule has 0 amide bonds. The van der Waals surface area contributed by atoms with E-state index in [0.29, 0.717) is 5.02 Å². The Morgan fingerprint density at radius 3 is 0.710 bits per heavy atom. The van der Waals surface area contributed by atoms with Gasteiger partial charge in [-0.05, 0) is 109 Å². The molecule has 0 saturated heterocycles. The molecular weight excluding hydrogens is 856 g/mol. The molecule has 11 aromatic carbocycles. The van der Waals surface area contributed by atoms with E-state index in [-0.39, 0.29) is 0 Å². The second-order valence-electron chi connectivity index (χ2n) is 17.2. The zero-order valence-corrected chi connectivity index (χ0v) is 38.6. The molecule has 0 radical (unpaired) electrons. The minimum Gasteiger partial charge on any atom is -0.354 e. The van der Waals surface area contributed by atoms with E-state index in [4.69, 9.17) is 11.6 Å². The number of hydrogen-bond acceptors (Lipinski definition) is 2. The van der Waals surface area contributed by atoms with Crippen LogP contribution in [0.4, 0.5) is 22.7 Å². The van der Waals surface area contributed by atoms with Gasteiger partial charge in [0.2, 0.25) is 0 Å². The number of rotatable bonds is 12. The highest BCUT2D eigenvalue weighted by Gasteiger charge is 2.18. The second-order valence-corrected chi connectivity index (χ2v) is 17.7. The van der Waals surface area contributed by atoms with Crippen LogP contribution in [0.2, 0.25) is 5.02 Å². The molecule has 0 saturated carbocycles. The zero-order chi connectivity index (χ0) is 46.4. The van der Waals surface area contributed by atoms with Crippen molar-refractivity contribution in [2.75, 3.05) is 10.6 Å². The molecule has 0 aromatic heterocycles. The van der Waals surface area contributed by atoms with Crippen LogP contribution in [-0.4, -0.2) is 0 Å². The highest BCUT2D eigenvalue weighted by Crippen LogP contribution is 2.44. The molecule has 11 rings (SSSR count). The van der Waals surface area contributed by atoms with Crippen molar-refractivity contribution in [3.8, 4) is 89.0 Å². The monoisotopic (exact) mass is 902 g/mol. The van der Waals surface area contributed by atoms with E-state index in [2.05, 4.69) is 271 Å². The van der Waals surface area contributed by atoms with Crippen LogP contribution in [0, 0.1) is 0 Å². The van der Waals surface area contributed by atoms with Crippen LogP contribution < -0.4 is 10.6 Å². The second kappa shape index (κ2) is 19.6. The van der Waals surface area contributed by atoms with Gasteiger partial charge in [-0.3, -0.25) is 0 Å². The van der Waals surface area contributed by atoms with E-state index in [0.717, 1.165) is 89.5 Å². The molecule has 0 aliphatic rings. The minimum absolute atomic E-state index is 0.606. The van der Waals surface area contributed by atoms with Crippen molar-refractivity contribution in [3.63, 3.8) is 0 Å². The van der Waals surface area contributed by atoms with Gasteiger partial charge in [-0.2, -0.15) is 0 Å². The van der Waals surface area contributed by atoms with Crippen LogP contribution >= 0.6 is 11.6 Å². The Morgan fingerprint density at radius 1 is 0.203 bits per heavy atom. The molecule has 0 aliphatic heterocycles. The van der Waals surface area contributed by atoms with Gasteiger partial charge in [0.1, 0.15) is 0 Å². The Balaban J connectivity index is 1.04. The average molecular weight is 904 g/mol. The van der Waals surface area contributed by atoms with Crippen molar-refractivity contribution in [1.29, 1.82) is 0 Å². The predicted molar refractivity (Wildman–Crippen MR) is 294 cm³/mol. The molecule has 0 unspecified atom stereocenters. The molecule has 0 fully saturated rings. The smallest absolute Gasteiger partial charge is 0.0543 e. The molecular formula is C66H47ClN2. The van der Waals surface area contributed by atoms with Crippen molar-refractivity contribution < 1.29 is 0 Å². The van der Waals surface area contributed by atoms with Gasteiger partial charge < -0.3 is 10.6 Å². The maximum absolute atomic E-state index is 7.18. The summed E-state index contributed by atoms with van der Waals surface area (Å²) in [5.74, 6) is 0. The van der Waals surface area contributed by atoms with Gasteiger partial charge in [-0.25, -0.2) is 0 Å². The molecule has 328 valence electrons. The molecule has 2 nitrogen and oxygen atoms in total. The Hall–Kier alpha value is -8.69. The third kappa shape index (κ3) is 9.48. The zero-order valence-electron chi connectivity index (χ0n) is 37.9. The van der Waals surface area contributed by atoms with Gasteiger partial charge in [0.15, 0.2) is 0 Å². The molecule has 2 N–H and O–H groups in total. The van der Waals surface area contributed by atoms with E-state index in [1.54, 1.807) is 0 Å². The summed E-state index contributed by atoms with van der Waals surface area (Å²) in [6.45, 7) is 0. The lowest BCUT2D eigenvalue weighted by molar-refractivity contribution is 1.49. The summed E-state index contributed by atoms with van der Waals surface area (Å²) in [6.07, 6.45) is 0. The number of benzene rings is 11. The van der Waals surface area contributed by atoms with Gasteiger partial charge in [0.05, 0.1) is 11.4 Å². The summed E-state index contributed by atoms with van der Waals surface area (Å²) in [4.78, 5) is 0. The van der Waals surface area contributed by atoms with Gasteiger partial charge in [0, 0.05) is 38.7 Å². The first kappa shape index (κ1) is 42.9. The quantitative estimate of drug-likeness (QED) is 0.128. The summed E-state index contributed by atoms with van der Waals surface area (Å²) in [6, 6.07) is 96.7. The van der Waals surface area contributed by atoms with Gasteiger partial charge in [-0.15, -0.1) is 0 Å². The summed E-state index contributed by atoms with van der Waals surface area (Å²) < 4.78 is 0. The number of anilines is 4. The Kier molecular flexibility index (Phi) is 12.2. The van der Waals surface area contributed by atoms with E-state index in [1.807, 2.05) is 12.1 Å². The van der Waals surface area contributed by atoms with E-state index in [1.165, 1.54) is 22.3 Å². The Morgan fingerprint density at radius 2 is 0.435 bits per heavy atom. The molecule has 69 heavy (non-hydrogen) atoms. The van der Waals surface area contributed by atoms with Crippen molar-refractivity contribution in [1.82, 2.24) is 0 Å². The normalized spacial score (nSPS) is 11.0. The van der Waals surface area contributed by atoms with Crippen molar-refractivity contribution in [2.45, 2.75) is 0 Å². The number of para-hydroxylation sites is 2. The van der Waals surface area contributed by atoms with E-state index in [9.17, 15) is 0 Å². The first-order chi connectivity index (χ1) is 34.1. The molecule has 3 heteroatoms. The lowest BCUT2D eigenvalue weighted by atomic mass is 9.92. The van der Waals surface area contributed by atoms with E-state index < -0.39 is 0 Å². The molecule has 0 bridgehead atoms. The maximum Gasteiger partial charge on any atom is 0.0543 e. The molecule has 0 heterocycles. The maximum atomic E-state index is 7.18. The highest BCUT2D eigenvalue weighted by atomic mass is 35.5. The average Bonchev–Trinajstić information content (AvgIpc) is 3.42. The van der Waals surface area contributed by atoms with Crippen molar-refractivity contribution in [2.24, 2.45) is 0 Å². The Bertz CT molecular complexity index is 3110. The van der Waals surface area contributed by atoms with Crippen molar-refractivity contribution in [3.05, 3.63) is 278 Å². The summed E-state index contributed by atoms with van der Waals surface area (Å²) in [5, 5.41) is 8.49. The summed E-state index contributed by atoms with van der Waals surface area (Å²) >= 11 is 7.18. The third-order valence-corrected chi connectivity index (χ3v) is 12.9. The number of nitrogens with one attached hydrogen (secondary N) is 2. The van der Waals surface area contributed by atoms with Crippen LogP contribution in [-0.2, 0) is 0 Å². The lowest BCUT2D eigenvalue weighted by Crippen LogP contribution is -2.00. The first-order valence-electron chi connectivity index (χ1n) is 23.3. The standard InChI is InChI=1S/C66H47ClN2/c67-58-43-59(68-65-61(54-31-13-27-50(39-54)46-19-5-1-6-20-46)35-17-36-62(65)55-32-14-28-51(40-55)47-21-7-2-8-22-47)45-60(44-58)69-66-63(56-33-15-29-52(41-56)48-23-9-3-10-24-48)37-18-38-64(66)57-34-16-30-53(42-57)49-25-11-4-12-26-49/h1-45,68-69H. The molecule has 11 aromatic rings. The highest BCUT2D eigenvalue weighted by molar-refractivity contribution is 6.31. The fourth-order valence-electron chi connectivity index (χ4n) is 9.35. The van der Waals surface area contributed by atoms with E-state index >= 15 is 0 Å². The van der Waals surface area contributed by atoms with Crippen LogP contribution in [0.15, 0.2) is 273 Å². The molecule has 0 spiro atoms. The summed E-state index contributed by atoms with van der Waals surface area (Å²) in [7, 11) is 0. The molecule has 0 atom stereocenters. The van der Waals surface area contributed by atoms with Gasteiger partial charge in [0.25, 0.3) is 0 Å². The van der Waals surface area contributed by atoms with Crippen LogP contribution in [0.3, 0.4) is 0 Å². The summed E-state index contributed by atoms with van der Waals surface area (Å²) in [5.41, 5.74) is 21.7. The van der Waals surface area contributed by atoms with Gasteiger partial charge in [-0.1, -0.05) is 242 Å². The third-order valence-electron chi connectivity index (χ3n) is 12.7. The van der Waals surface area contributed by atoms with Gasteiger partial charge >= 0.3 is 0 Å². The van der Waals surface area contributed by atoms with Crippen LogP contribution in [0.1, 0.15) is 0 Å². The van der Waals surface area contributed by atoms with Crippen LogP contribution in [0.5, 0.6) is 0 Å². The topological polar surface area (TPSA) is 24.1 Å². The van der Waals surface area contributed by atoms with Crippen molar-refractivity contribution >= 4 is 34.4 Å². The fraction of sp³-hybridized carbons (Fsp3) is 0.